The highest BCUT2D eigenvalue weighted by atomic mass is 16.2. The van der Waals surface area contributed by atoms with Gasteiger partial charge in [0.1, 0.15) is 17.0 Å². The molecule has 4 aromatic carbocycles. The number of nitrogens with zero attached hydrogens (tertiary/aromatic N) is 9. The van der Waals surface area contributed by atoms with E-state index < -0.39 is 0 Å². The summed E-state index contributed by atoms with van der Waals surface area (Å²) < 4.78 is 3.63. The lowest BCUT2D eigenvalue weighted by Crippen LogP contribution is -2.43. The molecule has 424 valence electrons. The standard InChI is InChI=1S/C28H27N5O.C27H26N6O.6C2H6/c1-31-15-17-32(18-16-31)21-23-8-11-25(12-9-23)30-28(34)24-6-4-5-22(19-24)10-13-26-20-29-27-7-2-3-14-33(26)27;1-31-14-16-32(17-15-31)20-22-7-10-24(11-8-22)30-27(34)23-5-2-4-21(18-23)9-12-25-19-28-26-6-3-13-29-33(25)26;6*1-2/h2-9,11-12,14,19-20H,15-18,21H2,1H3,(H,30,34);2-8,10-11,13,18-19H,14-17,20H2,1H3,(H,30,34);6*1-2H3. The number of hydrogen-bond acceptors (Lipinski definition) is 9. The van der Waals surface area contributed by atoms with E-state index in [1.807, 2.05) is 179 Å². The third kappa shape index (κ3) is 21.0. The van der Waals surface area contributed by atoms with Crippen molar-refractivity contribution >= 4 is 34.5 Å². The number of benzene rings is 4. The third-order valence-corrected chi connectivity index (χ3v) is 12.0. The van der Waals surface area contributed by atoms with Crippen LogP contribution in [0.15, 0.2) is 152 Å². The number of carbonyl (C=O) groups is 2. The van der Waals surface area contributed by atoms with E-state index in [9.17, 15) is 9.59 Å². The van der Waals surface area contributed by atoms with Crippen LogP contribution in [0, 0.1) is 23.7 Å². The molecule has 2 amide bonds. The van der Waals surface area contributed by atoms with Gasteiger partial charge in [-0.2, -0.15) is 5.10 Å². The van der Waals surface area contributed by atoms with E-state index in [-0.39, 0.29) is 11.8 Å². The van der Waals surface area contributed by atoms with Crippen LogP contribution in [0.3, 0.4) is 0 Å². The zero-order valence-corrected chi connectivity index (χ0v) is 50.3. The lowest BCUT2D eigenvalue weighted by Gasteiger charge is -2.32. The highest BCUT2D eigenvalue weighted by Gasteiger charge is 2.16. The second kappa shape index (κ2) is 37.8. The monoisotopic (exact) mass is 1080 g/mol. The fraction of sp³-hybridized carbons (Fsp3) is 0.358. The third-order valence-electron chi connectivity index (χ3n) is 12.0. The van der Waals surface area contributed by atoms with Crippen molar-refractivity contribution in [1.82, 2.24) is 43.6 Å². The first-order valence-electron chi connectivity index (χ1n) is 28.9. The molecule has 10 rings (SSSR count). The van der Waals surface area contributed by atoms with E-state index in [0.717, 1.165) is 105 Å². The predicted molar refractivity (Wildman–Crippen MR) is 335 cm³/mol. The van der Waals surface area contributed by atoms with Crippen molar-refractivity contribution in [2.75, 3.05) is 77.1 Å². The van der Waals surface area contributed by atoms with Gasteiger partial charge in [-0.25, -0.2) is 14.5 Å². The van der Waals surface area contributed by atoms with Crippen LogP contribution in [0.25, 0.3) is 11.3 Å². The molecule has 2 N–H and O–H groups in total. The fourth-order valence-electron chi connectivity index (χ4n) is 8.01. The van der Waals surface area contributed by atoms with Gasteiger partial charge in [-0.05, 0) is 122 Å². The molecule has 2 aliphatic rings. The van der Waals surface area contributed by atoms with E-state index in [1.54, 1.807) is 41.3 Å². The topological polar surface area (TPSA) is 119 Å². The summed E-state index contributed by atoms with van der Waals surface area (Å²) in [6, 6.07) is 40.4. The molecule has 2 fully saturated rings. The first kappa shape index (κ1) is 66.4. The minimum absolute atomic E-state index is 0.148. The molecule has 2 aliphatic heterocycles. The second-order valence-corrected chi connectivity index (χ2v) is 17.1. The Kier molecular flexibility index (Phi) is 31.4. The van der Waals surface area contributed by atoms with Crippen molar-refractivity contribution in [3.8, 4) is 23.7 Å². The van der Waals surface area contributed by atoms with Crippen molar-refractivity contribution < 1.29 is 9.59 Å². The summed E-state index contributed by atoms with van der Waals surface area (Å²) in [5.41, 5.74) is 9.84. The van der Waals surface area contributed by atoms with Gasteiger partial charge < -0.3 is 20.4 Å². The molecule has 8 aromatic rings. The van der Waals surface area contributed by atoms with Gasteiger partial charge in [0, 0.05) is 111 Å². The van der Waals surface area contributed by atoms with Crippen molar-refractivity contribution in [2.24, 2.45) is 0 Å². The van der Waals surface area contributed by atoms with E-state index >= 15 is 0 Å². The SMILES string of the molecule is CC.CC.CC.CC.CC.CC.CN1CCN(Cc2ccc(NC(=O)c3cccc(C#Cc4cnc5ccccn45)c3)cc2)CC1.CN1CCN(Cc2ccc(NC(=O)c3cccc(C#Cc4cnc5cccnn45)c3)cc2)CC1. The van der Waals surface area contributed by atoms with Crippen LogP contribution in [0.4, 0.5) is 11.4 Å². The summed E-state index contributed by atoms with van der Waals surface area (Å²) in [6.07, 6.45) is 7.09. The molecule has 4 aromatic heterocycles. The Hall–Kier alpha value is -7.91. The molecule has 13 heteroatoms. The maximum absolute atomic E-state index is 12.8. The summed E-state index contributed by atoms with van der Waals surface area (Å²) in [5, 5.41) is 10.2. The molecule has 2 saturated heterocycles. The van der Waals surface area contributed by atoms with Gasteiger partial charge in [0.2, 0.25) is 0 Å². The van der Waals surface area contributed by atoms with Crippen molar-refractivity contribution in [1.29, 1.82) is 0 Å². The van der Waals surface area contributed by atoms with Gasteiger partial charge in [-0.3, -0.25) is 23.8 Å². The predicted octanol–water partition coefficient (Wildman–Crippen LogP) is 13.0. The highest BCUT2D eigenvalue weighted by Crippen LogP contribution is 2.17. The van der Waals surface area contributed by atoms with E-state index in [0.29, 0.717) is 16.8 Å². The van der Waals surface area contributed by atoms with Crippen LogP contribution >= 0.6 is 0 Å². The smallest absolute Gasteiger partial charge is 0.255 e. The number of anilines is 2. The zero-order valence-electron chi connectivity index (χ0n) is 50.3. The summed E-state index contributed by atoms with van der Waals surface area (Å²) >= 11 is 0. The lowest BCUT2D eigenvalue weighted by molar-refractivity contribution is 0.101. The molecule has 80 heavy (non-hydrogen) atoms. The quantitative estimate of drug-likeness (QED) is 0.143. The maximum Gasteiger partial charge on any atom is 0.255 e. The fourth-order valence-corrected chi connectivity index (χ4v) is 8.01. The molecule has 0 unspecified atom stereocenters. The maximum atomic E-state index is 12.8. The van der Waals surface area contributed by atoms with Crippen molar-refractivity contribution in [3.63, 3.8) is 0 Å². The number of imidazole rings is 2. The average Bonchev–Trinajstić information content (AvgIpc) is 4.16. The normalized spacial score (nSPS) is 12.8. The van der Waals surface area contributed by atoms with Crippen LogP contribution < -0.4 is 10.6 Å². The first-order valence-corrected chi connectivity index (χ1v) is 28.9. The van der Waals surface area contributed by atoms with Gasteiger partial charge in [-0.15, -0.1) is 0 Å². The Bertz CT molecular complexity index is 2930. The number of aromatic nitrogens is 5. The van der Waals surface area contributed by atoms with Crippen LogP contribution in [0.5, 0.6) is 0 Å². The molecular weight excluding hydrogens is 991 g/mol. The van der Waals surface area contributed by atoms with Gasteiger partial charge in [-0.1, -0.05) is 137 Å². The largest absolute Gasteiger partial charge is 0.322 e. The van der Waals surface area contributed by atoms with Gasteiger partial charge in [0.05, 0.1) is 12.4 Å². The number of nitrogens with one attached hydrogen (secondary N) is 2. The molecule has 13 nitrogen and oxygen atoms in total. The van der Waals surface area contributed by atoms with E-state index in [4.69, 9.17) is 0 Å². The highest BCUT2D eigenvalue weighted by molar-refractivity contribution is 6.05. The van der Waals surface area contributed by atoms with Crippen LogP contribution in [0.2, 0.25) is 0 Å². The number of carbonyl (C=O) groups excluding carboxylic acids is 2. The van der Waals surface area contributed by atoms with Crippen LogP contribution in [0.1, 0.15) is 137 Å². The van der Waals surface area contributed by atoms with Crippen LogP contribution in [-0.2, 0) is 13.1 Å². The molecule has 0 bridgehead atoms. The Morgan fingerprint density at radius 1 is 0.463 bits per heavy atom. The number of hydrogen-bond donors (Lipinski definition) is 2. The van der Waals surface area contributed by atoms with Gasteiger partial charge in [0.15, 0.2) is 5.65 Å². The average molecular weight is 1080 g/mol. The Labute approximate surface area is 479 Å². The van der Waals surface area contributed by atoms with Gasteiger partial charge >= 0.3 is 0 Å². The summed E-state index contributed by atoms with van der Waals surface area (Å²) in [4.78, 5) is 43.9. The molecule has 0 atom stereocenters. The second-order valence-electron chi connectivity index (χ2n) is 17.1. The lowest BCUT2D eigenvalue weighted by atomic mass is 10.1. The molecule has 0 aliphatic carbocycles. The van der Waals surface area contributed by atoms with Crippen molar-refractivity contribution in [2.45, 2.75) is 96.2 Å². The molecule has 0 saturated carbocycles. The Morgan fingerprint density at radius 3 is 1.36 bits per heavy atom. The van der Waals surface area contributed by atoms with E-state index in [1.165, 1.54) is 11.1 Å². The Balaban J connectivity index is 0.000000354. The minimum Gasteiger partial charge on any atom is -0.322 e. The number of pyridine rings is 1. The number of amides is 2. The number of likely N-dealkylation sites (N-methyl/N-ethyl adjacent to an activating group) is 2. The molecule has 0 spiro atoms. The summed E-state index contributed by atoms with van der Waals surface area (Å²) in [7, 11) is 4.33. The number of fused-ring (bicyclic) bond motifs is 2. The van der Waals surface area contributed by atoms with Crippen molar-refractivity contribution in [3.05, 3.63) is 197 Å². The van der Waals surface area contributed by atoms with Gasteiger partial charge in [0.25, 0.3) is 11.8 Å². The first-order chi connectivity index (χ1) is 39.3. The molecule has 6 heterocycles. The zero-order chi connectivity index (χ0) is 58.7. The summed E-state index contributed by atoms with van der Waals surface area (Å²) in [5.74, 6) is 12.2. The van der Waals surface area contributed by atoms with E-state index in [2.05, 4.69) is 107 Å². The molecular formula is C67H89N11O2. The number of rotatable bonds is 8. The Morgan fingerprint density at radius 2 is 0.887 bits per heavy atom. The number of piperazine rings is 2. The molecule has 0 radical (unpaired) electrons. The minimum atomic E-state index is -0.160. The van der Waals surface area contributed by atoms with Crippen LogP contribution in [-0.4, -0.2) is 122 Å². The summed E-state index contributed by atoms with van der Waals surface area (Å²) in [6.45, 7) is 34.6.